The van der Waals surface area contributed by atoms with Gasteiger partial charge in [0.25, 0.3) is 6.43 Å². The van der Waals surface area contributed by atoms with Crippen molar-refractivity contribution >= 4 is 11.6 Å². The van der Waals surface area contributed by atoms with Crippen molar-refractivity contribution in [3.8, 4) is 0 Å². The number of nitrogens with zero attached hydrogens (tertiary/aromatic N) is 3. The third-order valence-corrected chi connectivity index (χ3v) is 4.62. The van der Waals surface area contributed by atoms with Crippen molar-refractivity contribution in [3.05, 3.63) is 47.3 Å². The molecule has 1 unspecified atom stereocenters. The number of carbonyl (C=O) groups is 1. The Hall–Kier alpha value is -2.32. The first-order chi connectivity index (χ1) is 12.9. The monoisotopic (exact) mass is 378 g/mol. The number of benzene rings is 1. The fourth-order valence-electron chi connectivity index (χ4n) is 3.13. The van der Waals surface area contributed by atoms with Crippen molar-refractivity contribution in [2.45, 2.75) is 32.9 Å². The highest BCUT2D eigenvalue weighted by Gasteiger charge is 2.21. The van der Waals surface area contributed by atoms with E-state index in [1.54, 1.807) is 13.8 Å². The highest BCUT2D eigenvalue weighted by Crippen LogP contribution is 2.21. The number of morpholine rings is 1. The van der Waals surface area contributed by atoms with Crippen molar-refractivity contribution < 1.29 is 18.3 Å². The van der Waals surface area contributed by atoms with Crippen LogP contribution < -0.4 is 5.32 Å². The number of ether oxygens (including phenoxy) is 1. The van der Waals surface area contributed by atoms with Crippen molar-refractivity contribution in [1.29, 1.82) is 0 Å². The summed E-state index contributed by atoms with van der Waals surface area (Å²) in [4.78, 5) is 14.9. The molecule has 3 rings (SSSR count). The standard InChI is InChI=1S/C19H24F2N4O2/c1-13-10-17(18(20)21)23-25(13)14(2)19(26)22-16-5-3-4-15(11-16)12-24-6-8-27-9-7-24/h3-5,10-11,14,18H,6-9,12H2,1-2H3,(H,22,26). The number of nitrogens with one attached hydrogen (secondary N) is 1. The van der Waals surface area contributed by atoms with Crippen LogP contribution in [0.5, 0.6) is 0 Å². The predicted octanol–water partition coefficient (Wildman–Crippen LogP) is 3.16. The largest absolute Gasteiger partial charge is 0.379 e. The Morgan fingerprint density at radius 2 is 2.04 bits per heavy atom. The van der Waals surface area contributed by atoms with Crippen molar-refractivity contribution in [1.82, 2.24) is 14.7 Å². The molecule has 8 heteroatoms. The van der Waals surface area contributed by atoms with Crippen molar-refractivity contribution in [3.63, 3.8) is 0 Å². The van der Waals surface area contributed by atoms with E-state index in [4.69, 9.17) is 4.74 Å². The number of halogens is 2. The first-order valence-corrected chi connectivity index (χ1v) is 8.98. The van der Waals surface area contributed by atoms with Gasteiger partial charge in [0.15, 0.2) is 0 Å². The van der Waals surface area contributed by atoms with Crippen LogP contribution in [0.15, 0.2) is 30.3 Å². The summed E-state index contributed by atoms with van der Waals surface area (Å²) in [5, 5.41) is 6.71. The molecule has 1 aromatic carbocycles. The lowest BCUT2D eigenvalue weighted by atomic mass is 10.1. The van der Waals surface area contributed by atoms with Gasteiger partial charge in [0.05, 0.1) is 13.2 Å². The number of hydrogen-bond donors (Lipinski definition) is 1. The fourth-order valence-corrected chi connectivity index (χ4v) is 3.13. The van der Waals surface area contributed by atoms with Gasteiger partial charge in [-0.15, -0.1) is 0 Å². The zero-order chi connectivity index (χ0) is 19.4. The average molecular weight is 378 g/mol. The number of anilines is 1. The van der Waals surface area contributed by atoms with Gasteiger partial charge in [-0.3, -0.25) is 14.4 Å². The second-order valence-electron chi connectivity index (χ2n) is 6.71. The fraction of sp³-hybridized carbons (Fsp3) is 0.474. The summed E-state index contributed by atoms with van der Waals surface area (Å²) in [5.74, 6) is -0.300. The van der Waals surface area contributed by atoms with Crippen LogP contribution in [0, 0.1) is 6.92 Å². The number of aromatic nitrogens is 2. The van der Waals surface area contributed by atoms with Crippen LogP contribution in [0.4, 0.5) is 14.5 Å². The van der Waals surface area contributed by atoms with Gasteiger partial charge in [0.2, 0.25) is 5.91 Å². The summed E-state index contributed by atoms with van der Waals surface area (Å²) in [7, 11) is 0. The molecule has 1 N–H and O–H groups in total. The maximum Gasteiger partial charge on any atom is 0.282 e. The topological polar surface area (TPSA) is 59.4 Å². The van der Waals surface area contributed by atoms with Crippen LogP contribution >= 0.6 is 0 Å². The minimum absolute atomic E-state index is 0.300. The van der Waals surface area contributed by atoms with E-state index in [2.05, 4.69) is 15.3 Å². The van der Waals surface area contributed by atoms with Crippen LogP contribution in [-0.4, -0.2) is 46.9 Å². The summed E-state index contributed by atoms with van der Waals surface area (Å²) >= 11 is 0. The highest BCUT2D eigenvalue weighted by molar-refractivity contribution is 5.93. The highest BCUT2D eigenvalue weighted by atomic mass is 19.3. The van der Waals surface area contributed by atoms with Gasteiger partial charge in [0, 0.05) is 31.0 Å². The van der Waals surface area contributed by atoms with Crippen molar-refractivity contribution in [2.24, 2.45) is 0 Å². The first-order valence-electron chi connectivity index (χ1n) is 8.98. The van der Waals surface area contributed by atoms with Crippen LogP contribution in [0.1, 0.15) is 36.3 Å². The van der Waals surface area contributed by atoms with Crippen LogP contribution in [-0.2, 0) is 16.1 Å². The van der Waals surface area contributed by atoms with E-state index < -0.39 is 12.5 Å². The van der Waals surface area contributed by atoms with E-state index in [-0.39, 0.29) is 11.6 Å². The third kappa shape index (κ3) is 4.90. The number of aryl methyl sites for hydroxylation is 1. The molecule has 0 spiro atoms. The van der Waals surface area contributed by atoms with Gasteiger partial charge in [-0.1, -0.05) is 12.1 Å². The number of hydrogen-bond acceptors (Lipinski definition) is 4. The van der Waals surface area contributed by atoms with Crippen LogP contribution in [0.2, 0.25) is 0 Å². The smallest absolute Gasteiger partial charge is 0.282 e. The summed E-state index contributed by atoms with van der Waals surface area (Å²) in [6.45, 7) is 7.33. The Labute approximate surface area is 157 Å². The van der Waals surface area contributed by atoms with Gasteiger partial charge in [-0.05, 0) is 37.6 Å². The molecule has 1 saturated heterocycles. The molecule has 6 nitrogen and oxygen atoms in total. The summed E-state index contributed by atoms with van der Waals surface area (Å²) < 4.78 is 32.3. The lowest BCUT2D eigenvalue weighted by molar-refractivity contribution is -0.119. The normalized spacial score (nSPS) is 16.5. The first kappa shape index (κ1) is 19.4. The predicted molar refractivity (Wildman–Crippen MR) is 97.8 cm³/mol. The van der Waals surface area contributed by atoms with Gasteiger partial charge in [0.1, 0.15) is 11.7 Å². The maximum atomic E-state index is 12.8. The second kappa shape index (κ2) is 8.58. The van der Waals surface area contributed by atoms with E-state index in [1.165, 1.54) is 10.7 Å². The molecular formula is C19H24F2N4O2. The molecule has 27 heavy (non-hydrogen) atoms. The number of carbonyl (C=O) groups excluding carboxylic acids is 1. The Balaban J connectivity index is 1.65. The molecule has 0 radical (unpaired) electrons. The molecule has 0 aliphatic carbocycles. The molecule has 1 amide bonds. The molecule has 2 aromatic rings. The molecule has 1 fully saturated rings. The summed E-state index contributed by atoms with van der Waals surface area (Å²) in [6.07, 6.45) is -2.66. The SMILES string of the molecule is Cc1cc(C(F)F)nn1C(C)C(=O)Nc1cccc(CN2CCOCC2)c1. The molecule has 2 heterocycles. The number of amides is 1. The van der Waals surface area contributed by atoms with Gasteiger partial charge in [-0.2, -0.15) is 5.10 Å². The minimum Gasteiger partial charge on any atom is -0.379 e. The van der Waals surface area contributed by atoms with Gasteiger partial charge in [-0.25, -0.2) is 8.78 Å². The van der Waals surface area contributed by atoms with Crippen LogP contribution in [0.3, 0.4) is 0 Å². The second-order valence-corrected chi connectivity index (χ2v) is 6.71. The Morgan fingerprint density at radius 1 is 1.30 bits per heavy atom. The zero-order valence-electron chi connectivity index (χ0n) is 15.5. The molecule has 1 aliphatic rings. The number of alkyl halides is 2. The third-order valence-electron chi connectivity index (χ3n) is 4.62. The molecule has 1 aromatic heterocycles. The Bertz CT molecular complexity index is 788. The average Bonchev–Trinajstić information content (AvgIpc) is 3.04. The molecule has 0 bridgehead atoms. The van der Waals surface area contributed by atoms with Crippen molar-refractivity contribution in [2.75, 3.05) is 31.6 Å². The number of rotatable bonds is 6. The maximum absolute atomic E-state index is 12.8. The quantitative estimate of drug-likeness (QED) is 0.839. The molecule has 1 atom stereocenters. The molecular weight excluding hydrogens is 354 g/mol. The van der Waals surface area contributed by atoms with E-state index >= 15 is 0 Å². The van der Waals surface area contributed by atoms with E-state index in [9.17, 15) is 13.6 Å². The lowest BCUT2D eigenvalue weighted by Gasteiger charge is -2.26. The minimum atomic E-state index is -2.66. The zero-order valence-corrected chi connectivity index (χ0v) is 15.5. The molecule has 0 saturated carbocycles. The van der Waals surface area contributed by atoms with E-state index in [0.717, 1.165) is 38.4 Å². The summed E-state index contributed by atoms with van der Waals surface area (Å²) in [5.41, 5.74) is 1.97. The van der Waals surface area contributed by atoms with Gasteiger partial charge < -0.3 is 10.1 Å². The van der Waals surface area contributed by atoms with E-state index in [0.29, 0.717) is 11.4 Å². The lowest BCUT2D eigenvalue weighted by Crippen LogP contribution is -2.35. The van der Waals surface area contributed by atoms with Crippen LogP contribution in [0.25, 0.3) is 0 Å². The Kier molecular flexibility index (Phi) is 6.18. The molecule has 146 valence electrons. The van der Waals surface area contributed by atoms with E-state index in [1.807, 2.05) is 24.3 Å². The van der Waals surface area contributed by atoms with Gasteiger partial charge >= 0.3 is 0 Å². The summed E-state index contributed by atoms with van der Waals surface area (Å²) in [6, 6.07) is 8.26. The Morgan fingerprint density at radius 3 is 2.70 bits per heavy atom. The molecule has 1 aliphatic heterocycles.